The van der Waals surface area contributed by atoms with Gasteiger partial charge in [-0.2, -0.15) is 24.9 Å². The van der Waals surface area contributed by atoms with Gasteiger partial charge in [0.1, 0.15) is 0 Å². The summed E-state index contributed by atoms with van der Waals surface area (Å²) in [5.41, 5.74) is 9.81. The number of carbonyl (C=O) groups is 1. The van der Waals surface area contributed by atoms with E-state index in [1.54, 1.807) is 0 Å². The van der Waals surface area contributed by atoms with Gasteiger partial charge in [-0.3, -0.25) is 4.79 Å². The summed E-state index contributed by atoms with van der Waals surface area (Å²) in [5, 5.41) is 0. The van der Waals surface area contributed by atoms with Crippen LogP contribution in [0.1, 0.15) is 0 Å². The lowest BCUT2D eigenvalue weighted by molar-refractivity contribution is -0.118. The van der Waals surface area contributed by atoms with Crippen LogP contribution in [-0.2, 0) is 4.79 Å². The molecule has 4 N–H and O–H groups in total. The second-order valence-electron chi connectivity index (χ2n) is 2.14. The number of primary amides is 1. The number of halogens is 4. The normalized spacial score (nSPS) is 13.2. The predicted molar refractivity (Wildman–Crippen MR) is 47.8 cm³/mol. The molecule has 0 saturated heterocycles. The lowest BCUT2D eigenvalue weighted by Crippen LogP contribution is -2.38. The number of carbonyl (C=O) groups excluding carboxylic acids is 1. The van der Waals surface area contributed by atoms with Crippen molar-refractivity contribution >= 4 is 30.1 Å². The standard InChI is InChI=1S/C5H9F3N2OS.ClH/c6-5(7,8)2-12-1-3(9)4(10)11;/h3H,1-2,9H2,(H2,10,11);1H. The molecule has 0 spiro atoms. The molecule has 0 aromatic heterocycles. The zero-order chi connectivity index (χ0) is 9.78. The fourth-order valence-electron chi connectivity index (χ4n) is 0.384. The molecule has 0 rings (SSSR count). The SMILES string of the molecule is Cl.NC(=O)C(N)CSCC(F)(F)F. The molecule has 0 aliphatic carbocycles. The van der Waals surface area contributed by atoms with Gasteiger partial charge in [-0.25, -0.2) is 0 Å². The Morgan fingerprint density at radius 1 is 1.46 bits per heavy atom. The Morgan fingerprint density at radius 2 is 1.92 bits per heavy atom. The average molecular weight is 239 g/mol. The molecule has 0 aromatic rings. The third kappa shape index (κ3) is 9.78. The average Bonchev–Trinajstić information content (AvgIpc) is 1.84. The highest BCUT2D eigenvalue weighted by Gasteiger charge is 2.27. The van der Waals surface area contributed by atoms with Crippen LogP contribution in [0.4, 0.5) is 13.2 Å². The van der Waals surface area contributed by atoms with Gasteiger partial charge < -0.3 is 11.5 Å². The van der Waals surface area contributed by atoms with Gasteiger partial charge in [0.15, 0.2) is 0 Å². The number of nitrogens with two attached hydrogens (primary N) is 2. The van der Waals surface area contributed by atoms with E-state index >= 15 is 0 Å². The third-order valence-electron chi connectivity index (χ3n) is 0.929. The fourth-order valence-corrected chi connectivity index (χ4v) is 1.15. The second-order valence-corrected chi connectivity index (χ2v) is 3.17. The summed E-state index contributed by atoms with van der Waals surface area (Å²) in [6.45, 7) is 0. The Labute approximate surface area is 83.8 Å². The summed E-state index contributed by atoms with van der Waals surface area (Å²) in [7, 11) is 0. The van der Waals surface area contributed by atoms with Crippen molar-refractivity contribution in [3.63, 3.8) is 0 Å². The molecule has 0 aromatic carbocycles. The monoisotopic (exact) mass is 238 g/mol. The van der Waals surface area contributed by atoms with Crippen molar-refractivity contribution in [1.82, 2.24) is 0 Å². The minimum atomic E-state index is -4.22. The second kappa shape index (κ2) is 6.33. The lowest BCUT2D eigenvalue weighted by atomic mass is 10.3. The van der Waals surface area contributed by atoms with Gasteiger partial charge in [0, 0.05) is 5.75 Å². The van der Waals surface area contributed by atoms with Crippen LogP contribution in [0.15, 0.2) is 0 Å². The van der Waals surface area contributed by atoms with E-state index in [2.05, 4.69) is 0 Å². The minimum absolute atomic E-state index is 0. The van der Waals surface area contributed by atoms with E-state index in [-0.39, 0.29) is 18.2 Å². The number of amides is 1. The fraction of sp³-hybridized carbons (Fsp3) is 0.800. The maximum atomic E-state index is 11.5. The quantitative estimate of drug-likeness (QED) is 0.750. The molecule has 8 heteroatoms. The molecule has 1 unspecified atom stereocenters. The van der Waals surface area contributed by atoms with Crippen LogP contribution in [0.25, 0.3) is 0 Å². The summed E-state index contributed by atoms with van der Waals surface area (Å²) >= 11 is 0.546. The predicted octanol–water partition coefficient (Wildman–Crippen LogP) is 0.516. The molecule has 0 aliphatic heterocycles. The van der Waals surface area contributed by atoms with Crippen LogP contribution in [-0.4, -0.2) is 29.6 Å². The van der Waals surface area contributed by atoms with Crippen LogP contribution < -0.4 is 11.5 Å². The molecule has 13 heavy (non-hydrogen) atoms. The van der Waals surface area contributed by atoms with E-state index in [9.17, 15) is 18.0 Å². The molecule has 0 bridgehead atoms. The Balaban J connectivity index is 0. The van der Waals surface area contributed by atoms with Gasteiger partial charge in [0.25, 0.3) is 0 Å². The van der Waals surface area contributed by atoms with Crippen LogP contribution in [0.2, 0.25) is 0 Å². The van der Waals surface area contributed by atoms with Crippen molar-refractivity contribution in [2.45, 2.75) is 12.2 Å². The van der Waals surface area contributed by atoms with Crippen molar-refractivity contribution in [1.29, 1.82) is 0 Å². The van der Waals surface area contributed by atoms with Crippen LogP contribution in [0, 0.1) is 0 Å². The minimum Gasteiger partial charge on any atom is -0.368 e. The van der Waals surface area contributed by atoms with E-state index < -0.39 is 23.9 Å². The van der Waals surface area contributed by atoms with Crippen molar-refractivity contribution in [2.24, 2.45) is 11.5 Å². The summed E-state index contributed by atoms with van der Waals surface area (Å²) in [6.07, 6.45) is -4.22. The summed E-state index contributed by atoms with van der Waals surface area (Å²) in [6, 6.07) is -1.00. The van der Waals surface area contributed by atoms with E-state index in [1.165, 1.54) is 0 Å². The molecule has 3 nitrogen and oxygen atoms in total. The number of hydrogen-bond acceptors (Lipinski definition) is 3. The van der Waals surface area contributed by atoms with E-state index in [0.29, 0.717) is 11.8 Å². The van der Waals surface area contributed by atoms with Crippen molar-refractivity contribution < 1.29 is 18.0 Å². The largest absolute Gasteiger partial charge is 0.397 e. The van der Waals surface area contributed by atoms with Crippen LogP contribution in [0.5, 0.6) is 0 Å². The van der Waals surface area contributed by atoms with E-state index in [0.717, 1.165) is 0 Å². The zero-order valence-corrected chi connectivity index (χ0v) is 8.14. The highest BCUT2D eigenvalue weighted by molar-refractivity contribution is 7.99. The molecular weight excluding hydrogens is 229 g/mol. The molecule has 0 radical (unpaired) electrons. The van der Waals surface area contributed by atoms with Crippen LogP contribution in [0.3, 0.4) is 0 Å². The van der Waals surface area contributed by atoms with Gasteiger partial charge in [-0.05, 0) is 0 Å². The Bertz CT molecular complexity index is 166. The van der Waals surface area contributed by atoms with E-state index in [1.807, 2.05) is 0 Å². The van der Waals surface area contributed by atoms with Crippen molar-refractivity contribution in [3.8, 4) is 0 Å². The molecule has 0 heterocycles. The maximum absolute atomic E-state index is 11.5. The van der Waals surface area contributed by atoms with Crippen molar-refractivity contribution in [2.75, 3.05) is 11.5 Å². The molecule has 1 amide bonds. The summed E-state index contributed by atoms with van der Waals surface area (Å²) < 4.78 is 34.6. The molecule has 80 valence electrons. The number of alkyl halides is 3. The zero-order valence-electron chi connectivity index (χ0n) is 6.50. The highest BCUT2D eigenvalue weighted by atomic mass is 35.5. The molecular formula is C5H10ClF3N2OS. The number of hydrogen-bond donors (Lipinski definition) is 2. The molecule has 0 saturated carbocycles. The van der Waals surface area contributed by atoms with Crippen molar-refractivity contribution in [3.05, 3.63) is 0 Å². The van der Waals surface area contributed by atoms with Crippen LogP contribution >= 0.6 is 24.2 Å². The third-order valence-corrected chi connectivity index (χ3v) is 2.05. The first-order chi connectivity index (χ1) is 5.33. The van der Waals surface area contributed by atoms with Gasteiger partial charge >= 0.3 is 6.18 Å². The Kier molecular flexibility index (Phi) is 7.47. The van der Waals surface area contributed by atoms with E-state index in [4.69, 9.17) is 11.5 Å². The Morgan fingerprint density at radius 3 is 2.23 bits per heavy atom. The van der Waals surface area contributed by atoms with Gasteiger partial charge in [-0.1, -0.05) is 0 Å². The van der Waals surface area contributed by atoms with Gasteiger partial charge in [0.2, 0.25) is 5.91 Å². The topological polar surface area (TPSA) is 69.1 Å². The summed E-state index contributed by atoms with van der Waals surface area (Å²) in [5.74, 6) is -1.90. The highest BCUT2D eigenvalue weighted by Crippen LogP contribution is 2.20. The smallest absolute Gasteiger partial charge is 0.368 e. The number of thioether (sulfide) groups is 1. The lowest BCUT2D eigenvalue weighted by Gasteiger charge is -2.08. The first kappa shape index (κ1) is 15.3. The first-order valence-corrected chi connectivity index (χ1v) is 4.18. The molecule has 1 atom stereocenters. The molecule has 0 aliphatic rings. The first-order valence-electron chi connectivity index (χ1n) is 3.02. The van der Waals surface area contributed by atoms with Gasteiger partial charge in [0.05, 0.1) is 11.8 Å². The molecule has 0 fully saturated rings. The van der Waals surface area contributed by atoms with Gasteiger partial charge in [-0.15, -0.1) is 12.4 Å². The number of rotatable bonds is 4. The summed E-state index contributed by atoms with van der Waals surface area (Å²) in [4.78, 5) is 10.3. The maximum Gasteiger partial charge on any atom is 0.397 e. The Hall–Kier alpha value is -0.140.